The van der Waals surface area contributed by atoms with Crippen LogP contribution in [-0.4, -0.2) is 46.1 Å². The molecule has 5 nitrogen and oxygen atoms in total. The second-order valence-electron chi connectivity index (χ2n) is 19.1. The van der Waals surface area contributed by atoms with Gasteiger partial charge in [-0.15, -0.1) is 0 Å². The van der Waals surface area contributed by atoms with Crippen molar-refractivity contribution < 1.29 is 20.1 Å². The van der Waals surface area contributed by atoms with E-state index < -0.39 is 18.2 Å². The normalized spacial score (nSPS) is 13.3. The van der Waals surface area contributed by atoms with Crippen LogP contribution in [-0.2, 0) is 4.79 Å². The lowest BCUT2D eigenvalue weighted by Gasteiger charge is -2.26. The van der Waals surface area contributed by atoms with E-state index in [1.54, 1.807) is 0 Å². The lowest BCUT2D eigenvalue weighted by molar-refractivity contribution is -0.124. The highest BCUT2D eigenvalue weighted by atomic mass is 16.3. The molecule has 3 atom stereocenters. The van der Waals surface area contributed by atoms with Crippen molar-refractivity contribution in [1.29, 1.82) is 0 Å². The monoisotopic (exact) mass is 848 g/mol. The van der Waals surface area contributed by atoms with Gasteiger partial charge in [0.15, 0.2) is 0 Å². The second-order valence-corrected chi connectivity index (χ2v) is 19.1. The molecule has 0 saturated carbocycles. The summed E-state index contributed by atoms with van der Waals surface area (Å²) in [6.07, 6.45) is 62.1. The summed E-state index contributed by atoms with van der Waals surface area (Å²) in [6, 6.07) is -0.809. The lowest BCUT2D eigenvalue weighted by atomic mass is 9.99. The van der Waals surface area contributed by atoms with Gasteiger partial charge in [0.05, 0.1) is 18.8 Å². The van der Waals surface area contributed by atoms with Gasteiger partial charge in [0.1, 0.15) is 6.10 Å². The molecule has 0 aliphatic heterocycles. The minimum absolute atomic E-state index is 0.142. The maximum atomic E-state index is 12.5. The van der Waals surface area contributed by atoms with Crippen LogP contribution in [0, 0.1) is 0 Å². The number of unbranched alkanes of at least 4 members (excludes halogenated alkanes) is 41. The summed E-state index contributed by atoms with van der Waals surface area (Å²) in [5, 5.41) is 33.8. The molecule has 0 aromatic rings. The summed E-state index contributed by atoms with van der Waals surface area (Å²) >= 11 is 0. The molecule has 3 unspecified atom stereocenters. The number of allylic oxidation sites excluding steroid dienone is 2. The molecule has 1 amide bonds. The Morgan fingerprint density at radius 1 is 0.400 bits per heavy atom. The Labute approximate surface area is 376 Å². The fraction of sp³-hybridized carbons (Fsp3) is 0.945. The zero-order chi connectivity index (χ0) is 43.7. The van der Waals surface area contributed by atoms with E-state index in [4.69, 9.17) is 0 Å². The van der Waals surface area contributed by atoms with Crippen molar-refractivity contribution in [1.82, 2.24) is 5.32 Å². The predicted molar refractivity (Wildman–Crippen MR) is 264 cm³/mol. The third-order valence-electron chi connectivity index (χ3n) is 13.1. The van der Waals surface area contributed by atoms with Gasteiger partial charge >= 0.3 is 0 Å². The molecular formula is C55H109NO4. The highest BCUT2D eigenvalue weighted by molar-refractivity contribution is 5.76. The van der Waals surface area contributed by atoms with Gasteiger partial charge < -0.3 is 20.6 Å². The molecule has 0 aromatic heterocycles. The molecule has 60 heavy (non-hydrogen) atoms. The summed E-state index contributed by atoms with van der Waals surface area (Å²) in [6.45, 7) is 4.22. The number of aliphatic hydroxyl groups excluding tert-OH is 3. The first-order valence-corrected chi connectivity index (χ1v) is 27.5. The maximum absolute atomic E-state index is 12.5. The summed E-state index contributed by atoms with van der Waals surface area (Å²) in [5.41, 5.74) is 0. The average Bonchev–Trinajstić information content (AvgIpc) is 3.25. The second kappa shape index (κ2) is 50.7. The third kappa shape index (κ3) is 45.1. The minimum Gasteiger partial charge on any atom is -0.394 e. The van der Waals surface area contributed by atoms with Crippen molar-refractivity contribution in [3.05, 3.63) is 12.2 Å². The first-order chi connectivity index (χ1) is 29.6. The summed E-state index contributed by atoms with van der Waals surface area (Å²) in [7, 11) is 0. The van der Waals surface area contributed by atoms with Gasteiger partial charge in [0, 0.05) is 6.42 Å². The summed E-state index contributed by atoms with van der Waals surface area (Å²) in [4.78, 5) is 12.5. The van der Waals surface area contributed by atoms with Gasteiger partial charge in [-0.25, -0.2) is 0 Å². The molecule has 0 aromatic carbocycles. The largest absolute Gasteiger partial charge is 0.394 e. The van der Waals surface area contributed by atoms with Gasteiger partial charge in [-0.2, -0.15) is 0 Å². The zero-order valence-corrected chi connectivity index (χ0v) is 40.9. The van der Waals surface area contributed by atoms with Crippen LogP contribution >= 0.6 is 0 Å². The number of aliphatic hydroxyl groups is 3. The smallest absolute Gasteiger partial charge is 0.220 e. The minimum atomic E-state index is -1.14. The topological polar surface area (TPSA) is 89.8 Å². The van der Waals surface area contributed by atoms with Crippen LogP contribution < -0.4 is 5.32 Å². The number of carbonyl (C=O) groups is 1. The molecule has 0 bridgehead atoms. The zero-order valence-electron chi connectivity index (χ0n) is 40.9. The first-order valence-electron chi connectivity index (χ1n) is 27.5. The average molecular weight is 848 g/mol. The number of nitrogens with one attached hydrogen (secondary N) is 1. The predicted octanol–water partition coefficient (Wildman–Crippen LogP) is 16.7. The van der Waals surface area contributed by atoms with Crippen LogP contribution in [0.2, 0.25) is 0 Å². The van der Waals surface area contributed by atoms with Crippen LogP contribution in [0.1, 0.15) is 309 Å². The van der Waals surface area contributed by atoms with Crippen molar-refractivity contribution in [2.75, 3.05) is 6.61 Å². The number of hydrogen-bond acceptors (Lipinski definition) is 4. The molecule has 358 valence electrons. The van der Waals surface area contributed by atoms with Crippen molar-refractivity contribution in [3.63, 3.8) is 0 Å². The molecule has 0 aliphatic carbocycles. The number of carbonyl (C=O) groups excluding carboxylic acids is 1. The van der Waals surface area contributed by atoms with Gasteiger partial charge in [-0.05, 0) is 38.5 Å². The van der Waals surface area contributed by atoms with E-state index in [2.05, 4.69) is 31.3 Å². The Morgan fingerprint density at radius 2 is 0.667 bits per heavy atom. The summed E-state index contributed by atoms with van der Waals surface area (Å²) < 4.78 is 0. The van der Waals surface area contributed by atoms with Crippen LogP contribution in [0.25, 0.3) is 0 Å². The molecule has 0 aliphatic rings. The molecule has 0 heterocycles. The SMILES string of the molecule is CCCCCCCCCCCCCC/C=C\CCCCCCCCCCC(=O)NC(CO)C(O)C(O)CCCCCCCCCCCCCCCCCCCCCCCC. The highest BCUT2D eigenvalue weighted by Crippen LogP contribution is 2.18. The number of rotatable bonds is 51. The van der Waals surface area contributed by atoms with Crippen LogP contribution in [0.3, 0.4) is 0 Å². The molecule has 5 heteroatoms. The molecule has 4 N–H and O–H groups in total. The number of hydrogen-bond donors (Lipinski definition) is 4. The van der Waals surface area contributed by atoms with Crippen molar-refractivity contribution in [2.45, 2.75) is 327 Å². The van der Waals surface area contributed by atoms with Gasteiger partial charge in [-0.1, -0.05) is 276 Å². The van der Waals surface area contributed by atoms with Crippen molar-refractivity contribution >= 4 is 5.91 Å². The molecule has 0 radical (unpaired) electrons. The summed E-state index contributed by atoms with van der Waals surface area (Å²) in [5.74, 6) is -0.142. The van der Waals surface area contributed by atoms with Gasteiger partial charge in [0.2, 0.25) is 5.91 Å². The quantitative estimate of drug-likeness (QED) is 0.0363. The van der Waals surface area contributed by atoms with E-state index in [9.17, 15) is 20.1 Å². The molecule has 0 saturated heterocycles. The van der Waals surface area contributed by atoms with Crippen LogP contribution in [0.5, 0.6) is 0 Å². The van der Waals surface area contributed by atoms with E-state index in [1.165, 1.54) is 250 Å². The van der Waals surface area contributed by atoms with E-state index in [0.29, 0.717) is 12.8 Å². The molecule has 0 fully saturated rings. The molecule has 0 spiro atoms. The number of amides is 1. The van der Waals surface area contributed by atoms with Crippen LogP contribution in [0.4, 0.5) is 0 Å². The Balaban J connectivity index is 3.53. The van der Waals surface area contributed by atoms with Crippen LogP contribution in [0.15, 0.2) is 12.2 Å². The molecular weight excluding hydrogens is 739 g/mol. The Morgan fingerprint density at radius 3 is 0.967 bits per heavy atom. The van der Waals surface area contributed by atoms with Gasteiger partial charge in [0.25, 0.3) is 0 Å². The van der Waals surface area contributed by atoms with E-state index >= 15 is 0 Å². The Bertz CT molecular complexity index is 848. The first kappa shape index (κ1) is 59.1. The molecule has 0 rings (SSSR count). The fourth-order valence-electron chi connectivity index (χ4n) is 8.87. The van der Waals surface area contributed by atoms with E-state index in [0.717, 1.165) is 32.1 Å². The highest BCUT2D eigenvalue weighted by Gasteiger charge is 2.26. The maximum Gasteiger partial charge on any atom is 0.220 e. The lowest BCUT2D eigenvalue weighted by Crippen LogP contribution is -2.50. The Hall–Kier alpha value is -0.910. The van der Waals surface area contributed by atoms with Crippen molar-refractivity contribution in [3.8, 4) is 0 Å². The van der Waals surface area contributed by atoms with E-state index in [-0.39, 0.29) is 12.5 Å². The standard InChI is InChI=1S/C55H109NO4/c1-3-5-7-9-11-13-15-17-19-21-23-25-27-28-30-32-34-36-38-40-42-44-46-48-50-54(59)56-52(51-57)55(60)53(58)49-47-45-43-41-39-37-35-33-31-29-26-24-22-20-18-16-14-12-10-8-6-4-2/h28,30,52-53,55,57-58,60H,3-27,29,31-51H2,1-2H3,(H,56,59)/b30-28-. The van der Waals surface area contributed by atoms with Gasteiger partial charge in [-0.3, -0.25) is 4.79 Å². The van der Waals surface area contributed by atoms with Crippen molar-refractivity contribution in [2.24, 2.45) is 0 Å². The van der Waals surface area contributed by atoms with E-state index in [1.807, 2.05) is 0 Å². The third-order valence-corrected chi connectivity index (χ3v) is 13.1. The Kier molecular flexibility index (Phi) is 50.0. The fourth-order valence-corrected chi connectivity index (χ4v) is 8.87.